The van der Waals surface area contributed by atoms with Gasteiger partial charge in [0.2, 0.25) is 5.91 Å². The lowest BCUT2D eigenvalue weighted by Gasteiger charge is -2.25. The second-order valence-electron chi connectivity index (χ2n) is 9.42. The van der Waals surface area contributed by atoms with Crippen LogP contribution in [-0.2, 0) is 10.2 Å². The van der Waals surface area contributed by atoms with Crippen LogP contribution in [-0.4, -0.2) is 43.7 Å². The van der Waals surface area contributed by atoms with E-state index in [4.69, 9.17) is 17.2 Å². The third kappa shape index (κ3) is 8.70. The standard InChI is InChI=1S/C26H37N7O3/c1-26(2,3)19-14-20(32-22(35)9-4-5-11-31-25(28)29)23(30-12-10-27)21(15-19)33-24(36)18-8-6-7-17(13-18)16-34/h6-8,13-16,30H,4-5,9-12,27H2,1-3H3,(H,32,35)(H,33,36)(H4,28,29,31). The highest BCUT2D eigenvalue weighted by molar-refractivity contribution is 6.08. The van der Waals surface area contributed by atoms with Crippen LogP contribution in [0.25, 0.3) is 0 Å². The van der Waals surface area contributed by atoms with Crippen molar-refractivity contribution in [2.45, 2.75) is 45.4 Å². The molecule has 0 saturated carbocycles. The Hall–Kier alpha value is -3.92. The summed E-state index contributed by atoms with van der Waals surface area (Å²) in [5, 5.41) is 9.14. The second-order valence-corrected chi connectivity index (χ2v) is 9.42. The molecule has 2 aromatic rings. The smallest absolute Gasteiger partial charge is 0.255 e. The van der Waals surface area contributed by atoms with Crippen molar-refractivity contribution in [1.29, 1.82) is 0 Å². The summed E-state index contributed by atoms with van der Waals surface area (Å²) in [6.45, 7) is 7.38. The summed E-state index contributed by atoms with van der Waals surface area (Å²) in [6, 6.07) is 10.2. The van der Waals surface area contributed by atoms with E-state index in [0.29, 0.717) is 67.0 Å². The molecule has 10 heteroatoms. The molecule has 0 heterocycles. The molecule has 2 amide bonds. The molecular weight excluding hydrogens is 458 g/mol. The van der Waals surface area contributed by atoms with Crippen LogP contribution >= 0.6 is 0 Å². The van der Waals surface area contributed by atoms with Gasteiger partial charge in [-0.2, -0.15) is 0 Å². The average molecular weight is 496 g/mol. The molecule has 0 unspecified atom stereocenters. The third-order valence-corrected chi connectivity index (χ3v) is 5.36. The minimum Gasteiger partial charge on any atom is -0.380 e. The van der Waals surface area contributed by atoms with E-state index in [9.17, 15) is 14.4 Å². The average Bonchev–Trinajstić information content (AvgIpc) is 2.82. The lowest BCUT2D eigenvalue weighted by molar-refractivity contribution is -0.116. The van der Waals surface area contributed by atoms with Gasteiger partial charge in [0.1, 0.15) is 6.29 Å². The number of nitrogens with zero attached hydrogens (tertiary/aromatic N) is 1. The Balaban J connectivity index is 2.37. The van der Waals surface area contributed by atoms with E-state index in [2.05, 4.69) is 20.9 Å². The second kappa shape index (κ2) is 13.2. The van der Waals surface area contributed by atoms with Crippen LogP contribution in [0.5, 0.6) is 0 Å². The Morgan fingerprint density at radius 2 is 1.72 bits per heavy atom. The summed E-state index contributed by atoms with van der Waals surface area (Å²) in [7, 11) is 0. The van der Waals surface area contributed by atoms with Gasteiger partial charge in [0.05, 0.1) is 17.1 Å². The molecule has 10 nitrogen and oxygen atoms in total. The zero-order valence-electron chi connectivity index (χ0n) is 21.2. The summed E-state index contributed by atoms with van der Waals surface area (Å²) in [6.07, 6.45) is 2.27. The predicted molar refractivity (Wildman–Crippen MR) is 146 cm³/mol. The first-order chi connectivity index (χ1) is 17.0. The van der Waals surface area contributed by atoms with Gasteiger partial charge in [-0.05, 0) is 48.1 Å². The number of amides is 2. The van der Waals surface area contributed by atoms with Crippen LogP contribution in [0.4, 0.5) is 17.1 Å². The number of hydrogen-bond acceptors (Lipinski definition) is 6. The predicted octanol–water partition coefficient (Wildman–Crippen LogP) is 2.80. The van der Waals surface area contributed by atoms with Crippen LogP contribution in [0.15, 0.2) is 41.4 Å². The van der Waals surface area contributed by atoms with Crippen molar-refractivity contribution in [2.24, 2.45) is 22.2 Å². The molecule has 2 aromatic carbocycles. The van der Waals surface area contributed by atoms with Gasteiger partial charge >= 0.3 is 0 Å². The molecule has 0 radical (unpaired) electrons. The first-order valence-electron chi connectivity index (χ1n) is 11.9. The fourth-order valence-corrected chi connectivity index (χ4v) is 3.43. The number of anilines is 3. The van der Waals surface area contributed by atoms with E-state index in [0.717, 1.165) is 5.56 Å². The van der Waals surface area contributed by atoms with Crippen LogP contribution in [0.3, 0.4) is 0 Å². The van der Waals surface area contributed by atoms with E-state index in [-0.39, 0.29) is 29.6 Å². The van der Waals surface area contributed by atoms with E-state index < -0.39 is 0 Å². The van der Waals surface area contributed by atoms with Crippen molar-refractivity contribution in [3.8, 4) is 0 Å². The molecule has 0 aromatic heterocycles. The number of aliphatic imine (C=N–C) groups is 1. The molecule has 2 rings (SSSR count). The zero-order valence-corrected chi connectivity index (χ0v) is 21.2. The zero-order chi connectivity index (χ0) is 26.7. The number of unbranched alkanes of at least 4 members (excludes halogenated alkanes) is 1. The van der Waals surface area contributed by atoms with Crippen molar-refractivity contribution in [1.82, 2.24) is 0 Å². The highest BCUT2D eigenvalue weighted by atomic mass is 16.2. The number of guanidine groups is 1. The normalized spacial score (nSPS) is 10.9. The van der Waals surface area contributed by atoms with E-state index in [1.807, 2.05) is 32.9 Å². The number of benzene rings is 2. The number of nitrogens with two attached hydrogens (primary N) is 3. The van der Waals surface area contributed by atoms with E-state index in [1.54, 1.807) is 18.2 Å². The third-order valence-electron chi connectivity index (χ3n) is 5.36. The minimum atomic E-state index is -0.377. The topological polar surface area (TPSA) is 178 Å². The van der Waals surface area contributed by atoms with Crippen LogP contribution in [0.2, 0.25) is 0 Å². The Morgan fingerprint density at radius 3 is 2.33 bits per heavy atom. The molecule has 0 spiro atoms. The number of carbonyl (C=O) groups excluding carboxylic acids is 3. The molecule has 0 atom stereocenters. The van der Waals surface area contributed by atoms with Gasteiger partial charge in [-0.1, -0.05) is 32.9 Å². The van der Waals surface area contributed by atoms with Crippen molar-refractivity contribution >= 4 is 41.1 Å². The highest BCUT2D eigenvalue weighted by Gasteiger charge is 2.21. The van der Waals surface area contributed by atoms with Gasteiger partial charge in [0.25, 0.3) is 5.91 Å². The molecule has 0 aliphatic rings. The summed E-state index contributed by atoms with van der Waals surface area (Å²) in [5.41, 5.74) is 19.4. The number of nitrogens with one attached hydrogen (secondary N) is 3. The van der Waals surface area contributed by atoms with Gasteiger partial charge in [0.15, 0.2) is 5.96 Å². The lowest BCUT2D eigenvalue weighted by atomic mass is 9.86. The molecule has 0 bridgehead atoms. The van der Waals surface area contributed by atoms with Crippen molar-refractivity contribution in [3.05, 3.63) is 53.1 Å². The number of hydrogen-bond donors (Lipinski definition) is 6. The quantitative estimate of drug-likeness (QED) is 0.113. The molecular formula is C26H37N7O3. The fourth-order valence-electron chi connectivity index (χ4n) is 3.43. The number of aldehydes is 1. The summed E-state index contributed by atoms with van der Waals surface area (Å²) >= 11 is 0. The molecule has 0 fully saturated rings. The summed E-state index contributed by atoms with van der Waals surface area (Å²) in [5.74, 6) is -0.517. The molecule has 0 aliphatic heterocycles. The largest absolute Gasteiger partial charge is 0.380 e. The lowest BCUT2D eigenvalue weighted by Crippen LogP contribution is -2.23. The van der Waals surface area contributed by atoms with Gasteiger partial charge in [-0.15, -0.1) is 0 Å². The Bertz CT molecular complexity index is 1100. The van der Waals surface area contributed by atoms with E-state index in [1.165, 1.54) is 6.07 Å². The van der Waals surface area contributed by atoms with Gasteiger partial charge in [-0.3, -0.25) is 19.4 Å². The van der Waals surface area contributed by atoms with Crippen molar-refractivity contribution in [3.63, 3.8) is 0 Å². The molecule has 0 aliphatic carbocycles. The Morgan fingerprint density at radius 1 is 1.03 bits per heavy atom. The van der Waals surface area contributed by atoms with Crippen molar-refractivity contribution in [2.75, 3.05) is 35.6 Å². The molecule has 36 heavy (non-hydrogen) atoms. The molecule has 0 saturated heterocycles. The van der Waals surface area contributed by atoms with E-state index >= 15 is 0 Å². The maximum Gasteiger partial charge on any atom is 0.255 e. The fraction of sp³-hybridized carbons (Fsp3) is 0.385. The Kier molecular flexibility index (Phi) is 10.4. The van der Waals surface area contributed by atoms with Gasteiger partial charge < -0.3 is 33.2 Å². The highest BCUT2D eigenvalue weighted by Crippen LogP contribution is 2.37. The van der Waals surface area contributed by atoms with Crippen molar-refractivity contribution < 1.29 is 14.4 Å². The maximum absolute atomic E-state index is 13.1. The van der Waals surface area contributed by atoms with Crippen LogP contribution < -0.4 is 33.2 Å². The van der Waals surface area contributed by atoms with Crippen LogP contribution in [0.1, 0.15) is 66.3 Å². The SMILES string of the molecule is CC(C)(C)c1cc(NC(=O)CCCCN=C(N)N)c(NCCN)c(NC(=O)c2cccc(C=O)c2)c1. The van der Waals surface area contributed by atoms with Gasteiger partial charge in [-0.25, -0.2) is 0 Å². The minimum absolute atomic E-state index is 0.0292. The maximum atomic E-state index is 13.1. The Labute approximate surface area is 212 Å². The number of carbonyl (C=O) groups is 3. The summed E-state index contributed by atoms with van der Waals surface area (Å²) in [4.78, 5) is 40.9. The monoisotopic (exact) mass is 495 g/mol. The first-order valence-corrected chi connectivity index (χ1v) is 11.9. The van der Waals surface area contributed by atoms with Crippen LogP contribution in [0, 0.1) is 0 Å². The summed E-state index contributed by atoms with van der Waals surface area (Å²) < 4.78 is 0. The number of rotatable bonds is 12. The first kappa shape index (κ1) is 28.3. The molecule has 9 N–H and O–H groups in total. The molecule has 194 valence electrons. The van der Waals surface area contributed by atoms with Gasteiger partial charge in [0, 0.05) is 37.2 Å².